The number of rotatable bonds is 6. The predicted molar refractivity (Wildman–Crippen MR) is 96.3 cm³/mol. The van der Waals surface area contributed by atoms with E-state index in [2.05, 4.69) is 15.2 Å². The highest BCUT2D eigenvalue weighted by molar-refractivity contribution is 6.31. The summed E-state index contributed by atoms with van der Waals surface area (Å²) in [5.74, 6) is 0.430. The second kappa shape index (κ2) is 8.31. The number of hydrogen-bond acceptors (Lipinski definition) is 7. The molecule has 0 fully saturated rings. The Balaban J connectivity index is 1.71. The van der Waals surface area contributed by atoms with E-state index in [1.165, 1.54) is 6.20 Å². The molecule has 1 N–H and O–H groups in total. The van der Waals surface area contributed by atoms with Crippen molar-refractivity contribution in [3.8, 4) is 6.07 Å². The van der Waals surface area contributed by atoms with Gasteiger partial charge < -0.3 is 9.63 Å². The first-order valence-electron chi connectivity index (χ1n) is 7.84. The van der Waals surface area contributed by atoms with Crippen molar-refractivity contribution in [2.75, 3.05) is 0 Å². The van der Waals surface area contributed by atoms with Gasteiger partial charge in [-0.1, -0.05) is 40.5 Å². The lowest BCUT2D eigenvalue weighted by Gasteiger charge is -2.08. The molecule has 2 aromatic heterocycles. The molecule has 10 heteroatoms. The van der Waals surface area contributed by atoms with Crippen molar-refractivity contribution in [1.82, 2.24) is 19.9 Å². The van der Waals surface area contributed by atoms with Crippen molar-refractivity contribution >= 4 is 23.2 Å². The normalized spacial score (nSPS) is 11.9. The zero-order chi connectivity index (χ0) is 19.4. The Morgan fingerprint density at radius 2 is 2.04 bits per heavy atom. The Hall–Kier alpha value is -2.73. The highest BCUT2D eigenvalue weighted by Gasteiger charge is 2.16. The Kier molecular flexibility index (Phi) is 5.86. The average Bonchev–Trinajstić information content (AvgIpc) is 3.09. The Labute approximate surface area is 163 Å². The molecule has 8 nitrogen and oxygen atoms in total. The smallest absolute Gasteiger partial charge is 0.286 e. The number of nitrogens with zero attached hydrogens (tertiary/aromatic N) is 5. The van der Waals surface area contributed by atoms with Gasteiger partial charge >= 0.3 is 0 Å². The highest BCUT2D eigenvalue weighted by atomic mass is 35.5. The van der Waals surface area contributed by atoms with Gasteiger partial charge in [-0.2, -0.15) is 15.3 Å². The standard InChI is InChI=1S/C17H13Cl2N5O3/c18-12-3-1-10(2-4-12)13(25)7-14-22-15(27-23-14)9-24-17(26)16(19)11(5-6-20)8-21-24/h1-4,8,13,25H,5,7,9H2/t13-/m0/s1. The molecule has 0 aliphatic heterocycles. The van der Waals surface area contributed by atoms with Crippen molar-refractivity contribution in [2.45, 2.75) is 25.5 Å². The molecule has 138 valence electrons. The number of halogens is 2. The summed E-state index contributed by atoms with van der Waals surface area (Å²) in [6.07, 6.45) is 0.659. The van der Waals surface area contributed by atoms with Gasteiger partial charge in [0.25, 0.3) is 5.56 Å². The second-order valence-corrected chi connectivity index (χ2v) is 6.47. The highest BCUT2D eigenvalue weighted by Crippen LogP contribution is 2.19. The summed E-state index contributed by atoms with van der Waals surface area (Å²) >= 11 is 11.8. The molecule has 3 aromatic rings. The van der Waals surface area contributed by atoms with Crippen molar-refractivity contribution in [1.29, 1.82) is 5.26 Å². The van der Waals surface area contributed by atoms with Crippen LogP contribution in [0.2, 0.25) is 10.0 Å². The van der Waals surface area contributed by atoms with Crippen molar-refractivity contribution in [2.24, 2.45) is 0 Å². The third-order valence-corrected chi connectivity index (χ3v) is 4.41. The van der Waals surface area contributed by atoms with Gasteiger partial charge in [-0.3, -0.25) is 4.79 Å². The van der Waals surface area contributed by atoms with Crippen LogP contribution in [0.1, 0.15) is 28.9 Å². The first-order valence-corrected chi connectivity index (χ1v) is 8.60. The number of nitriles is 1. The van der Waals surface area contributed by atoms with Crippen LogP contribution in [0.25, 0.3) is 0 Å². The Bertz CT molecular complexity index is 1040. The van der Waals surface area contributed by atoms with Gasteiger partial charge in [0, 0.05) is 17.0 Å². The maximum atomic E-state index is 12.2. The fraction of sp³-hybridized carbons (Fsp3) is 0.235. The van der Waals surface area contributed by atoms with Crippen LogP contribution in [0.5, 0.6) is 0 Å². The lowest BCUT2D eigenvalue weighted by molar-refractivity contribution is 0.174. The van der Waals surface area contributed by atoms with Gasteiger partial charge in [-0.05, 0) is 17.7 Å². The topological polar surface area (TPSA) is 118 Å². The molecule has 1 aromatic carbocycles. The third-order valence-electron chi connectivity index (χ3n) is 3.75. The van der Waals surface area contributed by atoms with Gasteiger partial charge in [-0.15, -0.1) is 0 Å². The van der Waals surface area contributed by atoms with Crippen molar-refractivity contribution in [3.05, 3.63) is 73.7 Å². The SMILES string of the molecule is N#CCc1cnn(Cc2nc(C[C@H](O)c3ccc(Cl)cc3)no2)c(=O)c1Cl. The van der Waals surface area contributed by atoms with E-state index in [1.54, 1.807) is 24.3 Å². The zero-order valence-electron chi connectivity index (χ0n) is 13.8. The predicted octanol–water partition coefficient (Wildman–Crippen LogP) is 2.32. The molecule has 0 aliphatic rings. The first kappa shape index (κ1) is 19.0. The Morgan fingerprint density at radius 3 is 2.74 bits per heavy atom. The number of aliphatic hydroxyl groups is 1. The third kappa shape index (κ3) is 4.52. The zero-order valence-corrected chi connectivity index (χ0v) is 15.4. The molecule has 0 radical (unpaired) electrons. The molecule has 0 spiro atoms. The number of hydrogen-bond donors (Lipinski definition) is 1. The van der Waals surface area contributed by atoms with E-state index >= 15 is 0 Å². The lowest BCUT2D eigenvalue weighted by atomic mass is 10.1. The van der Waals surface area contributed by atoms with Gasteiger partial charge in [0.1, 0.15) is 11.6 Å². The van der Waals surface area contributed by atoms with E-state index in [-0.39, 0.29) is 36.1 Å². The molecule has 0 amide bonds. The minimum absolute atomic E-state index is 0.00476. The maximum Gasteiger partial charge on any atom is 0.286 e. The van der Waals surface area contributed by atoms with Crippen LogP contribution >= 0.6 is 23.2 Å². The van der Waals surface area contributed by atoms with Crippen LogP contribution in [0.3, 0.4) is 0 Å². The molecule has 0 aliphatic carbocycles. The van der Waals surface area contributed by atoms with Gasteiger partial charge in [-0.25, -0.2) is 4.68 Å². The minimum Gasteiger partial charge on any atom is -0.388 e. The van der Waals surface area contributed by atoms with Crippen LogP contribution in [-0.4, -0.2) is 25.0 Å². The van der Waals surface area contributed by atoms with Gasteiger partial charge in [0.15, 0.2) is 5.82 Å². The molecule has 0 unspecified atom stereocenters. The van der Waals surface area contributed by atoms with Crippen molar-refractivity contribution < 1.29 is 9.63 Å². The largest absolute Gasteiger partial charge is 0.388 e. The summed E-state index contributed by atoms with van der Waals surface area (Å²) in [5.41, 5.74) is 0.478. The molecule has 2 heterocycles. The summed E-state index contributed by atoms with van der Waals surface area (Å²) in [5, 5.41) is 27.2. The molecule has 0 saturated heterocycles. The summed E-state index contributed by atoms with van der Waals surface area (Å²) in [7, 11) is 0. The van der Waals surface area contributed by atoms with E-state index in [9.17, 15) is 9.90 Å². The summed E-state index contributed by atoms with van der Waals surface area (Å²) in [4.78, 5) is 16.3. The van der Waals surface area contributed by atoms with E-state index in [0.29, 0.717) is 16.1 Å². The quantitative estimate of drug-likeness (QED) is 0.668. The number of aliphatic hydroxyl groups excluding tert-OH is 1. The van der Waals surface area contributed by atoms with Gasteiger partial charge in [0.2, 0.25) is 5.89 Å². The Morgan fingerprint density at radius 1 is 1.30 bits per heavy atom. The molecule has 0 saturated carbocycles. The fourth-order valence-electron chi connectivity index (χ4n) is 2.36. The molecule has 1 atom stereocenters. The average molecular weight is 406 g/mol. The molecule has 3 rings (SSSR count). The van der Waals surface area contributed by atoms with E-state index in [1.807, 2.05) is 6.07 Å². The van der Waals surface area contributed by atoms with Crippen LogP contribution in [0.4, 0.5) is 0 Å². The van der Waals surface area contributed by atoms with Crippen LogP contribution < -0.4 is 5.56 Å². The first-order chi connectivity index (χ1) is 13.0. The maximum absolute atomic E-state index is 12.2. The summed E-state index contributed by atoms with van der Waals surface area (Å²) < 4.78 is 6.17. The van der Waals surface area contributed by atoms with E-state index in [4.69, 9.17) is 33.0 Å². The van der Waals surface area contributed by atoms with E-state index < -0.39 is 11.7 Å². The fourth-order valence-corrected chi connectivity index (χ4v) is 2.70. The van der Waals surface area contributed by atoms with E-state index in [0.717, 1.165) is 4.68 Å². The molecular weight excluding hydrogens is 393 g/mol. The summed E-state index contributed by atoms with van der Waals surface area (Å²) in [6.45, 7) is -0.0740. The minimum atomic E-state index is -0.826. The second-order valence-electron chi connectivity index (χ2n) is 5.66. The molecule has 0 bridgehead atoms. The number of benzene rings is 1. The molecule has 27 heavy (non-hydrogen) atoms. The monoisotopic (exact) mass is 405 g/mol. The number of aromatic nitrogens is 4. The lowest BCUT2D eigenvalue weighted by Crippen LogP contribution is -2.25. The van der Waals surface area contributed by atoms with Crippen molar-refractivity contribution in [3.63, 3.8) is 0 Å². The van der Waals surface area contributed by atoms with Crippen LogP contribution in [-0.2, 0) is 19.4 Å². The van der Waals surface area contributed by atoms with Crippen LogP contribution in [0.15, 0.2) is 39.8 Å². The van der Waals surface area contributed by atoms with Crippen LogP contribution in [0, 0.1) is 11.3 Å². The summed E-state index contributed by atoms with van der Waals surface area (Å²) in [6, 6.07) is 8.70. The molecular formula is C17H13Cl2N5O3. The van der Waals surface area contributed by atoms with Gasteiger partial charge in [0.05, 0.1) is 24.8 Å².